The Morgan fingerprint density at radius 2 is 1.85 bits per heavy atom. The topological polar surface area (TPSA) is 139 Å². The number of ether oxygens (including phenoxy) is 1. The second-order valence-corrected chi connectivity index (χ2v) is 14.6. The number of halogens is 2. The maximum Gasteiger partial charge on any atom is 0.255 e. The molecule has 2 saturated heterocycles. The summed E-state index contributed by atoms with van der Waals surface area (Å²) in [7, 11) is 1.55. The highest BCUT2D eigenvalue weighted by atomic mass is 19.1. The molecule has 3 amide bonds. The molecule has 2 aliphatic heterocycles. The molecule has 1 aliphatic carbocycles. The molecule has 0 radical (unpaired) electrons. The summed E-state index contributed by atoms with van der Waals surface area (Å²) in [6.07, 6.45) is 10.3. The lowest BCUT2D eigenvalue weighted by molar-refractivity contribution is -0.134. The number of nitrogens with zero attached hydrogens (tertiary/aromatic N) is 7. The van der Waals surface area contributed by atoms with Crippen molar-refractivity contribution >= 4 is 40.0 Å². The van der Waals surface area contributed by atoms with Crippen molar-refractivity contribution in [1.82, 2.24) is 39.9 Å². The molecule has 15 heteroatoms. The normalized spacial score (nSPS) is 21.1. The Bertz CT molecular complexity index is 2240. The van der Waals surface area contributed by atoms with Crippen molar-refractivity contribution in [3.05, 3.63) is 77.2 Å². The largest absolute Gasteiger partial charge is 0.496 e. The Labute approximate surface area is 310 Å². The number of fused-ring (bicyclic) bond motifs is 2. The van der Waals surface area contributed by atoms with Crippen LogP contribution in [-0.2, 0) is 9.59 Å². The Balaban J connectivity index is 0.821. The highest BCUT2D eigenvalue weighted by Crippen LogP contribution is 2.36. The highest BCUT2D eigenvalue weighted by Gasteiger charge is 2.34. The number of anilines is 1. The lowest BCUT2D eigenvalue weighted by Gasteiger charge is -2.38. The van der Waals surface area contributed by atoms with Gasteiger partial charge in [-0.15, -0.1) is 0 Å². The molecule has 3 aromatic heterocycles. The van der Waals surface area contributed by atoms with Gasteiger partial charge in [0, 0.05) is 79.3 Å². The van der Waals surface area contributed by atoms with Crippen LogP contribution in [0, 0.1) is 24.5 Å². The minimum Gasteiger partial charge on any atom is -0.496 e. The summed E-state index contributed by atoms with van der Waals surface area (Å²) in [4.78, 5) is 46.2. The van der Waals surface area contributed by atoms with Crippen molar-refractivity contribution in [2.45, 2.75) is 63.8 Å². The minimum atomic E-state index is -1.01. The van der Waals surface area contributed by atoms with Crippen molar-refractivity contribution < 1.29 is 27.9 Å². The van der Waals surface area contributed by atoms with Crippen molar-refractivity contribution in [3.63, 3.8) is 0 Å². The fourth-order valence-electron chi connectivity index (χ4n) is 8.27. The zero-order valence-corrected chi connectivity index (χ0v) is 30.4. The monoisotopic (exact) mass is 739 g/mol. The van der Waals surface area contributed by atoms with Crippen LogP contribution in [-0.4, -0.2) is 92.9 Å². The van der Waals surface area contributed by atoms with Crippen LogP contribution in [0.3, 0.4) is 0 Å². The molecular formula is C39H43F2N9O4. The number of nitrogens with one attached hydrogen (secondary N) is 2. The van der Waals surface area contributed by atoms with Crippen LogP contribution in [0.2, 0.25) is 0 Å². The number of carbonyl (C=O) groups is 3. The number of benzene rings is 2. The Morgan fingerprint density at radius 1 is 1.06 bits per heavy atom. The van der Waals surface area contributed by atoms with Gasteiger partial charge in [0.1, 0.15) is 17.4 Å². The number of aromatic nitrogens is 5. The van der Waals surface area contributed by atoms with Crippen molar-refractivity contribution in [2.75, 3.05) is 44.7 Å². The quantitative estimate of drug-likeness (QED) is 0.206. The van der Waals surface area contributed by atoms with Crippen LogP contribution < -0.4 is 20.3 Å². The SMILES string of the molecule is COc1cc2nn(-c3cnc4cccnn34)cc2cc1C(=O)NC1CCC(CCN2CCN(c3cc(F)c(C4CCC(=O)NC4=O)c(F)c3C)CC2)CC1. The van der Waals surface area contributed by atoms with Gasteiger partial charge in [-0.05, 0) is 82.2 Å². The van der Waals surface area contributed by atoms with E-state index in [0.29, 0.717) is 58.6 Å². The lowest BCUT2D eigenvalue weighted by Crippen LogP contribution is -2.47. The lowest BCUT2D eigenvalue weighted by atomic mass is 9.84. The van der Waals surface area contributed by atoms with E-state index in [-0.39, 0.29) is 30.4 Å². The van der Waals surface area contributed by atoms with Gasteiger partial charge in [-0.3, -0.25) is 24.6 Å². The van der Waals surface area contributed by atoms with Crippen LogP contribution in [0.15, 0.2) is 48.9 Å². The van der Waals surface area contributed by atoms with Crippen LogP contribution >= 0.6 is 0 Å². The smallest absolute Gasteiger partial charge is 0.255 e. The maximum absolute atomic E-state index is 15.5. The zero-order chi connectivity index (χ0) is 37.5. The molecule has 1 saturated carbocycles. The predicted molar refractivity (Wildman–Crippen MR) is 197 cm³/mol. The molecule has 5 aromatic rings. The van der Waals surface area contributed by atoms with Gasteiger partial charge in [0.15, 0.2) is 11.5 Å². The number of hydrogen-bond acceptors (Lipinski definition) is 9. The number of carbonyl (C=O) groups excluding carboxylic acids is 3. The molecule has 13 nitrogen and oxygen atoms in total. The van der Waals surface area contributed by atoms with Crippen LogP contribution in [0.25, 0.3) is 22.4 Å². The number of rotatable bonds is 9. The van der Waals surface area contributed by atoms with Crippen molar-refractivity contribution in [3.8, 4) is 11.6 Å². The molecule has 1 atom stereocenters. The summed E-state index contributed by atoms with van der Waals surface area (Å²) >= 11 is 0. The third-order valence-corrected chi connectivity index (χ3v) is 11.4. The molecule has 5 heterocycles. The van der Waals surface area contributed by atoms with Crippen molar-refractivity contribution in [2.24, 2.45) is 5.92 Å². The first-order valence-electron chi connectivity index (χ1n) is 18.6. The Morgan fingerprint density at radius 3 is 2.61 bits per heavy atom. The summed E-state index contributed by atoms with van der Waals surface area (Å²) in [6, 6.07) is 8.72. The first-order valence-corrected chi connectivity index (χ1v) is 18.6. The van der Waals surface area contributed by atoms with Gasteiger partial charge in [-0.25, -0.2) is 18.4 Å². The summed E-state index contributed by atoms with van der Waals surface area (Å²) in [5, 5.41) is 15.3. The molecule has 0 bridgehead atoms. The predicted octanol–water partition coefficient (Wildman–Crippen LogP) is 4.68. The first-order chi connectivity index (χ1) is 26.2. The molecule has 3 fully saturated rings. The molecule has 54 heavy (non-hydrogen) atoms. The van der Waals surface area contributed by atoms with E-state index in [1.54, 1.807) is 41.7 Å². The fourth-order valence-corrected chi connectivity index (χ4v) is 8.27. The fraction of sp³-hybridized carbons (Fsp3) is 0.436. The molecule has 282 valence electrons. The Hall–Kier alpha value is -5.44. The number of piperazine rings is 1. The second-order valence-electron chi connectivity index (χ2n) is 14.6. The first kappa shape index (κ1) is 35.6. The van der Waals surface area contributed by atoms with Crippen LogP contribution in [0.4, 0.5) is 14.5 Å². The van der Waals surface area contributed by atoms with E-state index in [1.807, 2.05) is 29.3 Å². The number of imide groups is 1. The van der Waals surface area contributed by atoms with E-state index in [4.69, 9.17) is 9.84 Å². The van der Waals surface area contributed by atoms with Crippen LogP contribution in [0.5, 0.6) is 5.75 Å². The van der Waals surface area contributed by atoms with Crippen LogP contribution in [0.1, 0.15) is 72.3 Å². The number of imidazole rings is 1. The molecule has 8 rings (SSSR count). The summed E-state index contributed by atoms with van der Waals surface area (Å²) < 4.78 is 39.8. The standard InChI is InChI=1S/C39H43F2N9O4/c1-23-31(19-29(40)36(37(23)41)27-9-10-34(51)45-38(27)52)48-16-14-47(15-17-48)13-11-24-5-7-26(8-6-24)44-39(53)28-18-25-22-49(46-30(25)20-32(28)54-2)35-21-42-33-4-3-12-43-50(33)35/h3-4,12,18-22,24,26-27H,5-11,13-17H2,1-2H3,(H,44,53)(H,45,51,52). The number of hydrogen-bond donors (Lipinski definition) is 2. The average molecular weight is 740 g/mol. The maximum atomic E-state index is 15.5. The van der Waals surface area contributed by atoms with E-state index < -0.39 is 29.4 Å². The van der Waals surface area contributed by atoms with Gasteiger partial charge < -0.3 is 15.0 Å². The van der Waals surface area contributed by atoms with E-state index in [2.05, 4.69) is 25.6 Å². The van der Waals surface area contributed by atoms with E-state index in [1.165, 1.54) is 6.07 Å². The van der Waals surface area contributed by atoms with Gasteiger partial charge in [-0.1, -0.05) is 0 Å². The average Bonchev–Trinajstić information content (AvgIpc) is 3.80. The van der Waals surface area contributed by atoms with Gasteiger partial charge in [0.05, 0.1) is 30.3 Å². The summed E-state index contributed by atoms with van der Waals surface area (Å²) in [5.41, 5.74) is 2.44. The van der Waals surface area contributed by atoms with Gasteiger partial charge >= 0.3 is 0 Å². The molecule has 0 spiro atoms. The molecule has 1 unspecified atom stereocenters. The highest BCUT2D eigenvalue weighted by molar-refractivity contribution is 6.02. The van der Waals surface area contributed by atoms with Gasteiger partial charge in [0.2, 0.25) is 11.8 Å². The Kier molecular flexibility index (Phi) is 9.73. The third-order valence-electron chi connectivity index (χ3n) is 11.4. The third kappa shape index (κ3) is 6.88. The molecule has 3 aliphatic rings. The molecular weight excluding hydrogens is 696 g/mol. The number of amides is 3. The van der Waals surface area contributed by atoms with E-state index in [9.17, 15) is 14.4 Å². The summed E-state index contributed by atoms with van der Waals surface area (Å²) in [5.74, 6) is -2.00. The minimum absolute atomic E-state index is 0.0583. The number of piperidine rings is 1. The number of methoxy groups -OCH3 is 1. The van der Waals surface area contributed by atoms with Gasteiger partial charge in [-0.2, -0.15) is 14.7 Å². The van der Waals surface area contributed by atoms with E-state index >= 15 is 8.78 Å². The molecule has 2 N–H and O–H groups in total. The van der Waals surface area contributed by atoms with Gasteiger partial charge in [0.25, 0.3) is 5.91 Å². The van der Waals surface area contributed by atoms with E-state index in [0.717, 1.165) is 57.1 Å². The van der Waals surface area contributed by atoms with Crippen molar-refractivity contribution in [1.29, 1.82) is 0 Å². The molecule has 2 aromatic carbocycles. The summed E-state index contributed by atoms with van der Waals surface area (Å²) in [6.45, 7) is 5.42. The zero-order valence-electron chi connectivity index (χ0n) is 30.4. The second kappa shape index (κ2) is 14.8.